The molecule has 1 heterocycles. The lowest BCUT2D eigenvalue weighted by Crippen LogP contribution is -2.45. The number of nitrogens with one attached hydrogen (secondary N) is 2. The molecule has 0 saturated carbocycles. The van der Waals surface area contributed by atoms with Gasteiger partial charge in [-0.3, -0.25) is 9.59 Å². The van der Waals surface area contributed by atoms with Gasteiger partial charge in [-0.2, -0.15) is 4.31 Å². The molecule has 1 fully saturated rings. The van der Waals surface area contributed by atoms with E-state index in [1.54, 1.807) is 46.8 Å². The lowest BCUT2D eigenvalue weighted by Gasteiger charge is -2.34. The van der Waals surface area contributed by atoms with E-state index in [-0.39, 0.29) is 17.5 Å². The number of piperidine rings is 1. The zero-order chi connectivity index (χ0) is 22.4. The molecule has 8 heteroatoms. The van der Waals surface area contributed by atoms with Gasteiger partial charge in [-0.15, -0.1) is 0 Å². The van der Waals surface area contributed by atoms with E-state index in [1.165, 1.54) is 0 Å². The minimum atomic E-state index is -3.60. The lowest BCUT2D eigenvalue weighted by atomic mass is 10.0. The van der Waals surface area contributed by atoms with E-state index in [0.29, 0.717) is 18.7 Å². The molecule has 0 unspecified atom stereocenters. The van der Waals surface area contributed by atoms with Crippen LogP contribution in [0, 0.1) is 13.8 Å². The Hall–Kier alpha value is -2.71. The molecule has 0 radical (unpaired) electrons. The van der Waals surface area contributed by atoms with Crippen molar-refractivity contribution in [3.05, 3.63) is 59.7 Å². The van der Waals surface area contributed by atoms with Crippen LogP contribution in [0.1, 0.15) is 36.8 Å². The second kappa shape index (κ2) is 10.1. The number of benzene rings is 2. The van der Waals surface area contributed by atoms with Crippen LogP contribution in [-0.2, 0) is 19.6 Å². The quantitative estimate of drug-likeness (QED) is 0.671. The summed E-state index contributed by atoms with van der Waals surface area (Å²) < 4.78 is 27.8. The molecule has 1 aliphatic rings. The fourth-order valence-corrected chi connectivity index (χ4v) is 5.49. The van der Waals surface area contributed by atoms with E-state index >= 15 is 0 Å². The van der Waals surface area contributed by atoms with Crippen molar-refractivity contribution in [2.75, 3.05) is 18.4 Å². The van der Waals surface area contributed by atoms with Gasteiger partial charge < -0.3 is 10.6 Å². The highest BCUT2D eigenvalue weighted by Crippen LogP contribution is 2.27. The first-order valence-corrected chi connectivity index (χ1v) is 12.0. The predicted molar refractivity (Wildman–Crippen MR) is 120 cm³/mol. The standard InChI is InChI=1S/C23H29N3O4S/c1-17-9-11-21(12-10-17)31(29,30)26-15-4-3-8-20(26)13-14-24-22(27)23(28)25-19-7-5-6-18(2)16-19/h5-7,9-12,16,20H,3-4,8,13-15H2,1-2H3,(H,24,27)(H,25,28)/t20-/m1/s1. The van der Waals surface area contributed by atoms with E-state index in [2.05, 4.69) is 10.6 Å². The largest absolute Gasteiger partial charge is 0.348 e. The number of hydrogen-bond acceptors (Lipinski definition) is 4. The minimum absolute atomic E-state index is 0.208. The molecule has 0 aromatic heterocycles. The normalized spacial score (nSPS) is 17.2. The third-order valence-corrected chi connectivity index (χ3v) is 7.41. The molecule has 2 amide bonds. The molecule has 1 saturated heterocycles. The molecular formula is C23H29N3O4S. The summed E-state index contributed by atoms with van der Waals surface area (Å²) in [6, 6.07) is 13.8. The molecule has 1 atom stereocenters. The van der Waals surface area contributed by atoms with Gasteiger partial charge in [0.1, 0.15) is 0 Å². The Morgan fingerprint density at radius 2 is 1.74 bits per heavy atom. The molecule has 0 spiro atoms. The second-order valence-electron chi connectivity index (χ2n) is 7.95. The number of carbonyl (C=O) groups excluding carboxylic acids is 2. The summed E-state index contributed by atoms with van der Waals surface area (Å²) in [5, 5.41) is 5.18. The van der Waals surface area contributed by atoms with Crippen molar-refractivity contribution in [3.63, 3.8) is 0 Å². The summed E-state index contributed by atoms with van der Waals surface area (Å²) in [5.74, 6) is -1.47. The SMILES string of the molecule is Cc1ccc(S(=O)(=O)N2CCCC[C@@H]2CCNC(=O)C(=O)Nc2cccc(C)c2)cc1. The second-order valence-corrected chi connectivity index (χ2v) is 9.84. The summed E-state index contributed by atoms with van der Waals surface area (Å²) >= 11 is 0. The van der Waals surface area contributed by atoms with E-state index < -0.39 is 21.8 Å². The highest BCUT2D eigenvalue weighted by molar-refractivity contribution is 7.89. The van der Waals surface area contributed by atoms with Crippen LogP contribution in [0.15, 0.2) is 53.4 Å². The van der Waals surface area contributed by atoms with Crippen LogP contribution in [0.4, 0.5) is 5.69 Å². The third-order valence-electron chi connectivity index (χ3n) is 5.45. The Balaban J connectivity index is 1.57. The predicted octanol–water partition coefficient (Wildman–Crippen LogP) is 2.99. The fourth-order valence-electron chi connectivity index (χ4n) is 3.77. The monoisotopic (exact) mass is 443 g/mol. The third kappa shape index (κ3) is 5.92. The van der Waals surface area contributed by atoms with Gasteiger partial charge in [0.15, 0.2) is 0 Å². The van der Waals surface area contributed by atoms with Crippen molar-refractivity contribution >= 4 is 27.5 Å². The first kappa shape index (κ1) is 23.0. The lowest BCUT2D eigenvalue weighted by molar-refractivity contribution is -0.136. The molecular weight excluding hydrogens is 414 g/mol. The van der Waals surface area contributed by atoms with Gasteiger partial charge in [-0.1, -0.05) is 36.2 Å². The molecule has 2 N–H and O–H groups in total. The zero-order valence-corrected chi connectivity index (χ0v) is 18.7. The first-order chi connectivity index (χ1) is 14.8. The summed E-state index contributed by atoms with van der Waals surface area (Å²) in [4.78, 5) is 24.5. The summed E-state index contributed by atoms with van der Waals surface area (Å²) in [6.07, 6.45) is 2.93. The number of amides is 2. The Kier molecular flexibility index (Phi) is 7.46. The van der Waals surface area contributed by atoms with Gasteiger partial charge in [0, 0.05) is 24.8 Å². The molecule has 7 nitrogen and oxygen atoms in total. The first-order valence-electron chi connectivity index (χ1n) is 10.5. The highest BCUT2D eigenvalue weighted by Gasteiger charge is 2.33. The van der Waals surface area contributed by atoms with Gasteiger partial charge >= 0.3 is 11.8 Å². The van der Waals surface area contributed by atoms with Crippen LogP contribution in [0.3, 0.4) is 0 Å². The van der Waals surface area contributed by atoms with Gasteiger partial charge in [-0.25, -0.2) is 8.42 Å². The van der Waals surface area contributed by atoms with Crippen LogP contribution in [0.2, 0.25) is 0 Å². The van der Waals surface area contributed by atoms with Gasteiger partial charge in [0.05, 0.1) is 4.90 Å². The molecule has 1 aliphatic heterocycles. The van der Waals surface area contributed by atoms with Crippen molar-refractivity contribution in [2.45, 2.75) is 50.5 Å². The molecule has 0 aliphatic carbocycles. The summed E-state index contributed by atoms with van der Waals surface area (Å²) in [5.41, 5.74) is 2.54. The van der Waals surface area contributed by atoms with Crippen molar-refractivity contribution in [3.8, 4) is 0 Å². The van der Waals surface area contributed by atoms with Crippen LogP contribution in [0.5, 0.6) is 0 Å². The van der Waals surface area contributed by atoms with Crippen molar-refractivity contribution in [1.82, 2.24) is 9.62 Å². The maximum atomic E-state index is 13.1. The van der Waals surface area contributed by atoms with Crippen LogP contribution >= 0.6 is 0 Å². The number of carbonyl (C=O) groups is 2. The van der Waals surface area contributed by atoms with Crippen molar-refractivity contribution < 1.29 is 18.0 Å². The number of nitrogens with zero attached hydrogens (tertiary/aromatic N) is 1. The molecule has 31 heavy (non-hydrogen) atoms. The number of hydrogen-bond donors (Lipinski definition) is 2. The highest BCUT2D eigenvalue weighted by atomic mass is 32.2. The smallest absolute Gasteiger partial charge is 0.313 e. The minimum Gasteiger partial charge on any atom is -0.348 e. The van der Waals surface area contributed by atoms with Crippen molar-refractivity contribution in [2.24, 2.45) is 0 Å². The number of rotatable bonds is 6. The Bertz CT molecular complexity index is 1040. The number of sulfonamides is 1. The van der Waals surface area contributed by atoms with Crippen LogP contribution < -0.4 is 10.6 Å². The van der Waals surface area contributed by atoms with Crippen molar-refractivity contribution in [1.29, 1.82) is 0 Å². The van der Waals surface area contributed by atoms with Crippen LogP contribution in [-0.4, -0.2) is 43.7 Å². The molecule has 166 valence electrons. The van der Waals surface area contributed by atoms with E-state index in [9.17, 15) is 18.0 Å². The average molecular weight is 444 g/mol. The average Bonchev–Trinajstić information content (AvgIpc) is 2.74. The summed E-state index contributed by atoms with van der Waals surface area (Å²) in [6.45, 7) is 4.50. The maximum absolute atomic E-state index is 13.1. The number of anilines is 1. The molecule has 2 aromatic rings. The Morgan fingerprint density at radius 3 is 2.45 bits per heavy atom. The summed E-state index contributed by atoms with van der Waals surface area (Å²) in [7, 11) is -3.60. The maximum Gasteiger partial charge on any atom is 0.313 e. The van der Waals surface area contributed by atoms with E-state index in [4.69, 9.17) is 0 Å². The molecule has 2 aromatic carbocycles. The zero-order valence-electron chi connectivity index (χ0n) is 17.9. The number of aryl methyl sites for hydroxylation is 2. The Morgan fingerprint density at radius 1 is 1.00 bits per heavy atom. The van der Waals surface area contributed by atoms with E-state index in [0.717, 1.165) is 30.4 Å². The topological polar surface area (TPSA) is 95.6 Å². The Labute approximate surface area is 183 Å². The van der Waals surface area contributed by atoms with E-state index in [1.807, 2.05) is 19.9 Å². The van der Waals surface area contributed by atoms with Gasteiger partial charge in [0.25, 0.3) is 0 Å². The fraction of sp³-hybridized carbons (Fsp3) is 0.391. The van der Waals surface area contributed by atoms with Crippen LogP contribution in [0.25, 0.3) is 0 Å². The van der Waals surface area contributed by atoms with Gasteiger partial charge in [-0.05, 0) is 62.9 Å². The molecule has 3 rings (SSSR count). The molecule has 0 bridgehead atoms. The van der Waals surface area contributed by atoms with Gasteiger partial charge in [0.2, 0.25) is 10.0 Å².